The van der Waals surface area contributed by atoms with Gasteiger partial charge < -0.3 is 5.73 Å². The van der Waals surface area contributed by atoms with Crippen molar-refractivity contribution in [1.29, 1.82) is 0 Å². The summed E-state index contributed by atoms with van der Waals surface area (Å²) in [5, 5.41) is 0. The molecule has 0 radical (unpaired) electrons. The lowest BCUT2D eigenvalue weighted by atomic mass is 9.67. The zero-order valence-electron chi connectivity index (χ0n) is 18.3. The lowest BCUT2D eigenvalue weighted by Crippen LogP contribution is -2.45. The first-order valence-corrected chi connectivity index (χ1v) is 11.5. The van der Waals surface area contributed by atoms with Crippen LogP contribution in [0, 0.1) is 0 Å². The highest BCUT2D eigenvalue weighted by molar-refractivity contribution is 5.85. The van der Waals surface area contributed by atoms with Gasteiger partial charge in [0.25, 0.3) is 0 Å². The van der Waals surface area contributed by atoms with Gasteiger partial charge in [0, 0.05) is 11.5 Å². The minimum absolute atomic E-state index is 0. The second-order valence-corrected chi connectivity index (χ2v) is 8.25. The van der Waals surface area contributed by atoms with E-state index in [-0.39, 0.29) is 23.9 Å². The van der Waals surface area contributed by atoms with Gasteiger partial charge in [0.05, 0.1) is 0 Å². The van der Waals surface area contributed by atoms with Crippen molar-refractivity contribution in [3.63, 3.8) is 0 Å². The maximum absolute atomic E-state index is 6.85. The van der Waals surface area contributed by atoms with Crippen LogP contribution in [0.3, 0.4) is 0 Å². The SMILES string of the molecule is CCCCCCCCCCCC(N)C(CCC)(CCC)c1ccccc1.Cl. The van der Waals surface area contributed by atoms with Crippen LogP contribution < -0.4 is 5.73 Å². The topological polar surface area (TPSA) is 26.0 Å². The fourth-order valence-electron chi connectivity index (χ4n) is 4.61. The number of nitrogens with two attached hydrogens (primary N) is 1. The zero-order chi connectivity index (χ0) is 19.1. The highest BCUT2D eigenvalue weighted by atomic mass is 35.5. The van der Waals surface area contributed by atoms with Crippen LogP contribution >= 0.6 is 12.4 Å². The summed E-state index contributed by atoms with van der Waals surface area (Å²) >= 11 is 0. The van der Waals surface area contributed by atoms with Gasteiger partial charge in [0.15, 0.2) is 0 Å². The van der Waals surface area contributed by atoms with Crippen LogP contribution in [0.1, 0.15) is 116 Å². The Morgan fingerprint density at radius 3 is 1.67 bits per heavy atom. The third-order valence-corrected chi connectivity index (χ3v) is 6.07. The van der Waals surface area contributed by atoms with Crippen LogP contribution in [0.5, 0.6) is 0 Å². The fourth-order valence-corrected chi connectivity index (χ4v) is 4.61. The highest BCUT2D eigenvalue weighted by Crippen LogP contribution is 2.38. The second-order valence-electron chi connectivity index (χ2n) is 8.25. The van der Waals surface area contributed by atoms with E-state index in [0.29, 0.717) is 0 Å². The normalized spacial score (nSPS) is 12.6. The molecule has 0 spiro atoms. The third-order valence-electron chi connectivity index (χ3n) is 6.07. The summed E-state index contributed by atoms with van der Waals surface area (Å²) in [5.74, 6) is 0. The molecule has 0 fully saturated rings. The van der Waals surface area contributed by atoms with Crippen molar-refractivity contribution in [3.05, 3.63) is 35.9 Å². The molecule has 1 atom stereocenters. The highest BCUT2D eigenvalue weighted by Gasteiger charge is 2.36. The van der Waals surface area contributed by atoms with E-state index >= 15 is 0 Å². The quantitative estimate of drug-likeness (QED) is 0.280. The maximum atomic E-state index is 6.85. The Balaban J connectivity index is 0.00000676. The first-order valence-electron chi connectivity index (χ1n) is 11.5. The molecule has 2 heteroatoms. The molecule has 27 heavy (non-hydrogen) atoms. The van der Waals surface area contributed by atoms with Crippen molar-refractivity contribution in [3.8, 4) is 0 Å². The van der Waals surface area contributed by atoms with Crippen molar-refractivity contribution in [2.24, 2.45) is 5.73 Å². The van der Waals surface area contributed by atoms with Gasteiger partial charge in [-0.2, -0.15) is 0 Å². The molecule has 0 aliphatic heterocycles. The molecule has 0 aromatic heterocycles. The Bertz CT molecular complexity index is 425. The first-order chi connectivity index (χ1) is 12.7. The van der Waals surface area contributed by atoms with Crippen molar-refractivity contribution in [2.45, 2.75) is 122 Å². The standard InChI is InChI=1S/C25H45N.ClH/c1-4-7-8-9-10-11-12-13-17-20-24(26)25(21-5-2,22-6-3)23-18-15-14-16-19-23;/h14-16,18-19,24H,4-13,17,20-22,26H2,1-3H3;1H. The first kappa shape index (κ1) is 26.5. The molecule has 158 valence electrons. The predicted molar refractivity (Wildman–Crippen MR) is 125 cm³/mol. The molecule has 1 rings (SSSR count). The molecule has 0 aliphatic rings. The number of hydrogen-bond donors (Lipinski definition) is 1. The van der Waals surface area contributed by atoms with E-state index in [1.807, 2.05) is 0 Å². The van der Waals surface area contributed by atoms with E-state index in [1.54, 1.807) is 0 Å². The van der Waals surface area contributed by atoms with Gasteiger partial charge in [0.2, 0.25) is 0 Å². The fraction of sp³-hybridized carbons (Fsp3) is 0.760. The Labute approximate surface area is 176 Å². The van der Waals surface area contributed by atoms with E-state index in [9.17, 15) is 0 Å². The van der Waals surface area contributed by atoms with Crippen molar-refractivity contribution < 1.29 is 0 Å². The van der Waals surface area contributed by atoms with E-state index < -0.39 is 0 Å². The number of halogens is 1. The molecule has 2 N–H and O–H groups in total. The molecule has 1 unspecified atom stereocenters. The Kier molecular flexibility index (Phi) is 16.1. The third kappa shape index (κ3) is 9.48. The van der Waals surface area contributed by atoms with Gasteiger partial charge in [-0.25, -0.2) is 0 Å². The van der Waals surface area contributed by atoms with E-state index in [4.69, 9.17) is 5.73 Å². The molecule has 0 amide bonds. The van der Waals surface area contributed by atoms with Crippen LogP contribution in [0.15, 0.2) is 30.3 Å². The van der Waals surface area contributed by atoms with Gasteiger partial charge in [-0.1, -0.05) is 122 Å². The van der Waals surface area contributed by atoms with Crippen LogP contribution in [0.4, 0.5) is 0 Å². The van der Waals surface area contributed by atoms with E-state index in [0.717, 1.165) is 0 Å². The van der Waals surface area contributed by atoms with Gasteiger partial charge in [-0.3, -0.25) is 0 Å². The summed E-state index contributed by atoms with van der Waals surface area (Å²) in [6, 6.07) is 11.4. The zero-order valence-corrected chi connectivity index (χ0v) is 19.2. The molecule has 0 aliphatic carbocycles. The molecule has 0 bridgehead atoms. The summed E-state index contributed by atoms with van der Waals surface area (Å²) in [5.41, 5.74) is 8.49. The molecule has 1 nitrogen and oxygen atoms in total. The lowest BCUT2D eigenvalue weighted by Gasteiger charge is -2.40. The van der Waals surface area contributed by atoms with Crippen molar-refractivity contribution in [2.75, 3.05) is 0 Å². The summed E-state index contributed by atoms with van der Waals surface area (Å²) in [4.78, 5) is 0. The maximum Gasteiger partial charge on any atom is 0.0136 e. The molecule has 1 aromatic rings. The molecule has 0 saturated heterocycles. The summed E-state index contributed by atoms with van der Waals surface area (Å²) in [6.45, 7) is 6.90. The molecule has 1 aromatic carbocycles. The number of rotatable bonds is 16. The lowest BCUT2D eigenvalue weighted by molar-refractivity contribution is 0.272. The largest absolute Gasteiger partial charge is 0.327 e. The monoisotopic (exact) mass is 395 g/mol. The molecular formula is C25H46ClN. The average Bonchev–Trinajstić information content (AvgIpc) is 2.67. The number of benzene rings is 1. The van der Waals surface area contributed by atoms with Gasteiger partial charge in [0.1, 0.15) is 0 Å². The van der Waals surface area contributed by atoms with E-state index in [1.165, 1.54) is 95.5 Å². The molecular weight excluding hydrogens is 350 g/mol. The Morgan fingerprint density at radius 2 is 1.19 bits per heavy atom. The van der Waals surface area contributed by atoms with Crippen LogP contribution in [0.25, 0.3) is 0 Å². The van der Waals surface area contributed by atoms with Crippen LogP contribution in [-0.4, -0.2) is 6.04 Å². The summed E-state index contributed by atoms with van der Waals surface area (Å²) in [7, 11) is 0. The second kappa shape index (κ2) is 16.4. The molecule has 0 heterocycles. The Morgan fingerprint density at radius 1 is 0.704 bits per heavy atom. The predicted octanol–water partition coefficient (Wildman–Crippen LogP) is 8.19. The van der Waals surface area contributed by atoms with Crippen molar-refractivity contribution in [1.82, 2.24) is 0 Å². The van der Waals surface area contributed by atoms with Crippen LogP contribution in [-0.2, 0) is 5.41 Å². The number of hydrogen-bond acceptors (Lipinski definition) is 1. The summed E-state index contributed by atoms with van der Waals surface area (Å²) in [6.07, 6.45) is 18.5. The number of unbranched alkanes of at least 4 members (excludes halogenated alkanes) is 8. The summed E-state index contributed by atoms with van der Waals surface area (Å²) < 4.78 is 0. The van der Waals surface area contributed by atoms with Gasteiger partial charge in [-0.05, 0) is 24.8 Å². The minimum Gasteiger partial charge on any atom is -0.327 e. The van der Waals surface area contributed by atoms with Gasteiger partial charge in [-0.15, -0.1) is 12.4 Å². The Hall–Kier alpha value is -0.530. The van der Waals surface area contributed by atoms with Crippen molar-refractivity contribution >= 4 is 12.4 Å². The van der Waals surface area contributed by atoms with E-state index in [2.05, 4.69) is 51.1 Å². The van der Waals surface area contributed by atoms with Gasteiger partial charge >= 0.3 is 0 Å². The smallest absolute Gasteiger partial charge is 0.0136 e. The van der Waals surface area contributed by atoms with Crippen LogP contribution in [0.2, 0.25) is 0 Å². The minimum atomic E-state index is 0. The molecule has 0 saturated carbocycles. The average molecular weight is 396 g/mol.